The van der Waals surface area contributed by atoms with Crippen LogP contribution in [0.3, 0.4) is 0 Å². The van der Waals surface area contributed by atoms with Crippen LogP contribution in [0.15, 0.2) is 79.0 Å². The molecule has 0 aliphatic rings. The lowest BCUT2D eigenvalue weighted by molar-refractivity contribution is -0.384. The maximum Gasteiger partial charge on any atom is 0.269 e. The molecule has 3 aromatic rings. The molecule has 1 unspecified atom stereocenters. The van der Waals surface area contributed by atoms with E-state index in [0.29, 0.717) is 11.3 Å². The predicted molar refractivity (Wildman–Crippen MR) is 103 cm³/mol. The summed E-state index contributed by atoms with van der Waals surface area (Å²) >= 11 is 0. The third-order valence-electron chi connectivity index (χ3n) is 4.43. The van der Waals surface area contributed by atoms with Crippen LogP contribution in [0.4, 0.5) is 5.69 Å². The summed E-state index contributed by atoms with van der Waals surface area (Å²) in [5.74, 6) is -0.854. The van der Waals surface area contributed by atoms with Crippen molar-refractivity contribution in [2.24, 2.45) is 0 Å². The van der Waals surface area contributed by atoms with Gasteiger partial charge < -0.3 is 22.3 Å². The third kappa shape index (κ3) is 4.38. The zero-order chi connectivity index (χ0) is 20.1. The second-order valence-corrected chi connectivity index (χ2v) is 6.15. The summed E-state index contributed by atoms with van der Waals surface area (Å²) in [6.45, 7) is 1.39. The maximum absolute atomic E-state index is 12.9. The number of aromatic nitrogens is 1. The number of hydrogen-bond donors (Lipinski definition) is 1. The molecule has 8 heteroatoms. The first-order chi connectivity index (χ1) is 13.4. The van der Waals surface area contributed by atoms with Gasteiger partial charge in [-0.15, -0.1) is 0 Å². The number of pyridine rings is 1. The number of rotatable bonds is 6. The van der Waals surface area contributed by atoms with Gasteiger partial charge in [0.15, 0.2) is 11.3 Å². The number of Topliss-reactive ketones (excluding diaryl/α,β-unsaturated/α-hetero) is 1. The van der Waals surface area contributed by atoms with Crippen LogP contribution in [0.2, 0.25) is 0 Å². The zero-order valence-electron chi connectivity index (χ0n) is 15.4. The molecule has 148 valence electrons. The van der Waals surface area contributed by atoms with E-state index in [2.05, 4.69) is 10.3 Å². The molecule has 0 saturated heterocycles. The van der Waals surface area contributed by atoms with Gasteiger partial charge in [-0.05, 0) is 36.8 Å². The van der Waals surface area contributed by atoms with Gasteiger partial charge in [0.2, 0.25) is 0 Å². The molecule has 7 nitrogen and oxygen atoms in total. The van der Waals surface area contributed by atoms with Crippen LogP contribution in [-0.2, 0) is 10.3 Å². The standard InChI is InChI=1S/C21H17N3O4.BrH/c1-15(25)21(17-7-3-2-4-8-17,19-9-5-6-14-22-19)23-20(26)16-10-12-18(13-11-16)24(27)28;/h2-14H,1H3,(H,23,26);1H/p-1. The smallest absolute Gasteiger partial charge is 0.269 e. The summed E-state index contributed by atoms with van der Waals surface area (Å²) in [4.78, 5) is 40.4. The first-order valence-electron chi connectivity index (χ1n) is 8.50. The van der Waals surface area contributed by atoms with Gasteiger partial charge >= 0.3 is 0 Å². The van der Waals surface area contributed by atoms with Crippen LogP contribution in [0.25, 0.3) is 0 Å². The topological polar surface area (TPSA) is 102 Å². The number of benzene rings is 2. The normalized spacial score (nSPS) is 12.2. The van der Waals surface area contributed by atoms with Gasteiger partial charge in [-0.25, -0.2) is 0 Å². The summed E-state index contributed by atoms with van der Waals surface area (Å²) in [5, 5.41) is 13.6. The van der Waals surface area contributed by atoms with Gasteiger partial charge in [0, 0.05) is 23.9 Å². The minimum absolute atomic E-state index is 0. The number of hydrogen-bond acceptors (Lipinski definition) is 5. The largest absolute Gasteiger partial charge is 1.00 e. The van der Waals surface area contributed by atoms with Crippen molar-refractivity contribution < 1.29 is 31.5 Å². The molecule has 0 radical (unpaired) electrons. The highest BCUT2D eigenvalue weighted by molar-refractivity contribution is 6.01. The number of amides is 1. The average molecular weight is 455 g/mol. The van der Waals surface area contributed by atoms with Crippen molar-refractivity contribution in [1.82, 2.24) is 10.3 Å². The lowest BCUT2D eigenvalue weighted by Crippen LogP contribution is -3.00. The second-order valence-electron chi connectivity index (χ2n) is 6.15. The van der Waals surface area contributed by atoms with Crippen LogP contribution in [0, 0.1) is 10.1 Å². The lowest BCUT2D eigenvalue weighted by Gasteiger charge is -2.32. The highest BCUT2D eigenvalue weighted by atomic mass is 79.9. The fraction of sp³-hybridized carbons (Fsp3) is 0.0952. The number of nitro benzene ring substituents is 1. The fourth-order valence-electron chi connectivity index (χ4n) is 3.01. The van der Waals surface area contributed by atoms with E-state index in [1.807, 2.05) is 6.07 Å². The molecule has 1 N–H and O–H groups in total. The molecule has 0 fully saturated rings. The number of carbonyl (C=O) groups is 2. The van der Waals surface area contributed by atoms with Gasteiger partial charge in [0.05, 0.1) is 10.6 Å². The quantitative estimate of drug-likeness (QED) is 0.425. The Morgan fingerprint density at radius 2 is 1.59 bits per heavy atom. The minimum Gasteiger partial charge on any atom is -1.00 e. The Morgan fingerprint density at radius 3 is 2.10 bits per heavy atom. The van der Waals surface area contributed by atoms with Crippen molar-refractivity contribution in [2.75, 3.05) is 0 Å². The zero-order valence-corrected chi connectivity index (χ0v) is 17.0. The predicted octanol–water partition coefficient (Wildman–Crippen LogP) is 0.256. The summed E-state index contributed by atoms with van der Waals surface area (Å²) in [6, 6.07) is 19.2. The van der Waals surface area contributed by atoms with Crippen LogP contribution in [0.5, 0.6) is 0 Å². The summed E-state index contributed by atoms with van der Waals surface area (Å²) in [5.41, 5.74) is -0.466. The average Bonchev–Trinajstić information content (AvgIpc) is 2.73. The van der Waals surface area contributed by atoms with Gasteiger partial charge in [-0.3, -0.25) is 24.7 Å². The first-order valence-corrected chi connectivity index (χ1v) is 8.50. The Morgan fingerprint density at radius 1 is 0.966 bits per heavy atom. The van der Waals surface area contributed by atoms with E-state index < -0.39 is 16.4 Å². The number of nitro groups is 1. The molecule has 0 spiro atoms. The molecule has 0 aliphatic heterocycles. The van der Waals surface area contributed by atoms with E-state index in [1.54, 1.807) is 48.7 Å². The Hall–Kier alpha value is -3.39. The van der Waals surface area contributed by atoms with E-state index >= 15 is 0 Å². The SMILES string of the molecule is CC(=O)C(NC(=O)c1ccc([N+](=O)[O-])cc1)(c1ccccc1)c1ccccn1.[Br-]. The van der Waals surface area contributed by atoms with Crippen molar-refractivity contribution >= 4 is 17.4 Å². The molecule has 0 aliphatic carbocycles. The molecule has 2 aromatic carbocycles. The van der Waals surface area contributed by atoms with Crippen molar-refractivity contribution in [3.05, 3.63) is 106 Å². The van der Waals surface area contributed by atoms with E-state index in [0.717, 1.165) is 0 Å². The number of carbonyl (C=O) groups excluding carboxylic acids is 2. The first kappa shape index (κ1) is 21.9. The Balaban J connectivity index is 0.00000300. The van der Waals surface area contributed by atoms with Gasteiger partial charge in [0.1, 0.15) is 0 Å². The maximum atomic E-state index is 12.9. The van der Waals surface area contributed by atoms with Gasteiger partial charge in [0.25, 0.3) is 11.6 Å². The Labute approximate surface area is 177 Å². The summed E-state index contributed by atoms with van der Waals surface area (Å²) in [7, 11) is 0. The monoisotopic (exact) mass is 454 g/mol. The lowest BCUT2D eigenvalue weighted by atomic mass is 9.82. The molecule has 1 heterocycles. The van der Waals surface area contributed by atoms with Crippen LogP contribution < -0.4 is 22.3 Å². The molecule has 0 bridgehead atoms. The van der Waals surface area contributed by atoms with Crippen LogP contribution in [0.1, 0.15) is 28.5 Å². The van der Waals surface area contributed by atoms with E-state index in [4.69, 9.17) is 0 Å². The van der Waals surface area contributed by atoms with E-state index in [1.165, 1.54) is 31.2 Å². The molecule has 1 aromatic heterocycles. The molecular formula is C21H17BrN3O4-. The van der Waals surface area contributed by atoms with Gasteiger partial charge in [-0.2, -0.15) is 0 Å². The fourth-order valence-corrected chi connectivity index (χ4v) is 3.01. The van der Waals surface area contributed by atoms with Crippen molar-refractivity contribution in [2.45, 2.75) is 12.5 Å². The summed E-state index contributed by atoms with van der Waals surface area (Å²) < 4.78 is 0. The van der Waals surface area contributed by atoms with Crippen molar-refractivity contribution in [3.8, 4) is 0 Å². The Kier molecular flexibility index (Phi) is 6.95. The number of halogens is 1. The van der Waals surface area contributed by atoms with Crippen LogP contribution in [-0.4, -0.2) is 21.6 Å². The third-order valence-corrected chi connectivity index (χ3v) is 4.43. The molecule has 0 saturated carbocycles. The Bertz CT molecular complexity index is 970. The molecule has 1 atom stereocenters. The minimum atomic E-state index is -1.48. The number of non-ortho nitro benzene ring substituents is 1. The highest BCUT2D eigenvalue weighted by Crippen LogP contribution is 2.30. The van der Waals surface area contributed by atoms with Crippen LogP contribution >= 0.6 is 0 Å². The molecule has 1 amide bonds. The second kappa shape index (κ2) is 9.20. The molecule has 29 heavy (non-hydrogen) atoms. The molecule has 3 rings (SSSR count). The highest BCUT2D eigenvalue weighted by Gasteiger charge is 2.42. The van der Waals surface area contributed by atoms with E-state index in [-0.39, 0.29) is 34.0 Å². The van der Waals surface area contributed by atoms with E-state index in [9.17, 15) is 19.7 Å². The van der Waals surface area contributed by atoms with Crippen molar-refractivity contribution in [1.29, 1.82) is 0 Å². The molecular weight excluding hydrogens is 438 g/mol. The number of nitrogens with zero attached hydrogens (tertiary/aromatic N) is 2. The van der Waals surface area contributed by atoms with Crippen molar-refractivity contribution in [3.63, 3.8) is 0 Å². The number of ketones is 1. The van der Waals surface area contributed by atoms with Gasteiger partial charge in [-0.1, -0.05) is 36.4 Å². The number of nitrogens with one attached hydrogen (secondary N) is 1. The summed E-state index contributed by atoms with van der Waals surface area (Å²) in [6.07, 6.45) is 1.55.